The number of methoxy groups -OCH3 is 1. The molecule has 1 heterocycles. The summed E-state index contributed by atoms with van der Waals surface area (Å²) in [7, 11) is 1.68. The molecule has 106 valence electrons. The SMILES string of the molecule is COc1ccccc1OC1CN(CC[C@H](C)SC)C1. The zero-order valence-electron chi connectivity index (χ0n) is 12.0. The van der Waals surface area contributed by atoms with Gasteiger partial charge in [0.2, 0.25) is 0 Å². The molecule has 1 saturated heterocycles. The zero-order valence-corrected chi connectivity index (χ0v) is 12.8. The summed E-state index contributed by atoms with van der Waals surface area (Å²) < 4.78 is 11.3. The summed E-state index contributed by atoms with van der Waals surface area (Å²) in [5, 5.41) is 0.745. The van der Waals surface area contributed by atoms with E-state index in [4.69, 9.17) is 9.47 Å². The van der Waals surface area contributed by atoms with E-state index in [-0.39, 0.29) is 0 Å². The maximum absolute atomic E-state index is 5.96. The average Bonchev–Trinajstić information content (AvgIpc) is 2.41. The molecule has 0 bridgehead atoms. The lowest BCUT2D eigenvalue weighted by Crippen LogP contribution is -2.54. The second kappa shape index (κ2) is 7.06. The third kappa shape index (κ3) is 4.05. The van der Waals surface area contributed by atoms with Crippen molar-refractivity contribution in [2.45, 2.75) is 24.7 Å². The Morgan fingerprint density at radius 2 is 2.00 bits per heavy atom. The summed E-state index contributed by atoms with van der Waals surface area (Å²) >= 11 is 1.94. The van der Waals surface area contributed by atoms with Crippen LogP contribution < -0.4 is 9.47 Å². The number of thioether (sulfide) groups is 1. The highest BCUT2D eigenvalue weighted by Crippen LogP contribution is 2.28. The highest BCUT2D eigenvalue weighted by molar-refractivity contribution is 7.99. The highest BCUT2D eigenvalue weighted by atomic mass is 32.2. The van der Waals surface area contributed by atoms with Gasteiger partial charge in [-0.15, -0.1) is 0 Å². The number of ether oxygens (including phenoxy) is 2. The minimum Gasteiger partial charge on any atom is -0.493 e. The predicted octanol–water partition coefficient (Wildman–Crippen LogP) is 2.90. The lowest BCUT2D eigenvalue weighted by atomic mass is 10.1. The van der Waals surface area contributed by atoms with E-state index in [1.165, 1.54) is 13.0 Å². The molecule has 0 spiro atoms. The lowest BCUT2D eigenvalue weighted by molar-refractivity contribution is 0.0181. The summed E-state index contributed by atoms with van der Waals surface area (Å²) in [5.74, 6) is 1.67. The molecule has 0 N–H and O–H groups in total. The number of rotatable bonds is 7. The van der Waals surface area contributed by atoms with Gasteiger partial charge in [-0.25, -0.2) is 0 Å². The number of benzene rings is 1. The van der Waals surface area contributed by atoms with Crippen LogP contribution in [0.25, 0.3) is 0 Å². The predicted molar refractivity (Wildman–Crippen MR) is 81.4 cm³/mol. The monoisotopic (exact) mass is 281 g/mol. The number of likely N-dealkylation sites (tertiary alicyclic amines) is 1. The molecule has 19 heavy (non-hydrogen) atoms. The van der Waals surface area contributed by atoms with Gasteiger partial charge in [-0.05, 0) is 31.4 Å². The Labute approximate surface area is 120 Å². The summed E-state index contributed by atoms with van der Waals surface area (Å²) in [5.41, 5.74) is 0. The first-order valence-corrected chi connectivity index (χ1v) is 8.06. The Balaban J connectivity index is 1.72. The molecule has 0 radical (unpaired) electrons. The molecule has 3 nitrogen and oxygen atoms in total. The molecule has 0 saturated carbocycles. The van der Waals surface area contributed by atoms with Crippen LogP contribution in [0.15, 0.2) is 24.3 Å². The smallest absolute Gasteiger partial charge is 0.161 e. The Morgan fingerprint density at radius 1 is 1.32 bits per heavy atom. The van der Waals surface area contributed by atoms with Crippen LogP contribution in [0.2, 0.25) is 0 Å². The molecular formula is C15H23NO2S. The van der Waals surface area contributed by atoms with Gasteiger partial charge in [0, 0.05) is 18.3 Å². The first-order chi connectivity index (χ1) is 9.22. The Hall–Kier alpha value is -0.870. The van der Waals surface area contributed by atoms with Crippen molar-refractivity contribution in [3.8, 4) is 11.5 Å². The topological polar surface area (TPSA) is 21.7 Å². The van der Waals surface area contributed by atoms with E-state index >= 15 is 0 Å². The molecule has 0 unspecified atom stereocenters. The first-order valence-electron chi connectivity index (χ1n) is 6.77. The number of hydrogen-bond donors (Lipinski definition) is 0. The fourth-order valence-electron chi connectivity index (χ4n) is 2.16. The van der Waals surface area contributed by atoms with E-state index in [1.807, 2.05) is 36.0 Å². The molecule has 0 amide bonds. The Morgan fingerprint density at radius 3 is 2.63 bits per heavy atom. The molecule has 4 heteroatoms. The van der Waals surface area contributed by atoms with Gasteiger partial charge >= 0.3 is 0 Å². The van der Waals surface area contributed by atoms with Crippen LogP contribution in [0.5, 0.6) is 11.5 Å². The molecular weight excluding hydrogens is 258 g/mol. The highest BCUT2D eigenvalue weighted by Gasteiger charge is 2.28. The molecule has 1 aliphatic rings. The van der Waals surface area contributed by atoms with Gasteiger partial charge in [0.15, 0.2) is 11.5 Å². The number of hydrogen-bond acceptors (Lipinski definition) is 4. The third-order valence-electron chi connectivity index (χ3n) is 3.54. The van der Waals surface area contributed by atoms with Crippen molar-refractivity contribution in [1.29, 1.82) is 0 Å². The van der Waals surface area contributed by atoms with Gasteiger partial charge in [0.1, 0.15) is 6.10 Å². The van der Waals surface area contributed by atoms with Crippen LogP contribution in [0.1, 0.15) is 13.3 Å². The van der Waals surface area contributed by atoms with Crippen LogP contribution in [0.4, 0.5) is 0 Å². The van der Waals surface area contributed by atoms with Crippen molar-refractivity contribution in [2.24, 2.45) is 0 Å². The van der Waals surface area contributed by atoms with E-state index in [0.717, 1.165) is 29.8 Å². The quantitative estimate of drug-likeness (QED) is 0.766. The van der Waals surface area contributed by atoms with Crippen LogP contribution in [-0.2, 0) is 0 Å². The maximum Gasteiger partial charge on any atom is 0.161 e. The third-order valence-corrected chi connectivity index (χ3v) is 4.58. The fraction of sp³-hybridized carbons (Fsp3) is 0.600. The van der Waals surface area contributed by atoms with Gasteiger partial charge in [0.05, 0.1) is 7.11 Å². The van der Waals surface area contributed by atoms with E-state index in [1.54, 1.807) is 7.11 Å². The Kier molecular flexibility index (Phi) is 5.40. The van der Waals surface area contributed by atoms with Gasteiger partial charge in [-0.2, -0.15) is 11.8 Å². The van der Waals surface area contributed by atoms with Crippen molar-refractivity contribution in [2.75, 3.05) is 33.0 Å². The lowest BCUT2D eigenvalue weighted by Gasteiger charge is -2.39. The first kappa shape index (κ1) is 14.5. The van der Waals surface area contributed by atoms with E-state index < -0.39 is 0 Å². The molecule has 2 rings (SSSR count). The fourth-order valence-corrected chi connectivity index (χ4v) is 2.50. The summed E-state index contributed by atoms with van der Waals surface area (Å²) in [4.78, 5) is 2.45. The van der Waals surface area contributed by atoms with Crippen LogP contribution in [0.3, 0.4) is 0 Å². The van der Waals surface area contributed by atoms with Crippen LogP contribution >= 0.6 is 11.8 Å². The van der Waals surface area contributed by atoms with Crippen LogP contribution in [0, 0.1) is 0 Å². The summed E-state index contributed by atoms with van der Waals surface area (Å²) in [6.07, 6.45) is 3.73. The maximum atomic E-state index is 5.96. The summed E-state index contributed by atoms with van der Waals surface area (Å²) in [6.45, 7) is 5.51. The Bertz CT molecular complexity index is 393. The molecule has 1 aromatic carbocycles. The van der Waals surface area contributed by atoms with Crippen molar-refractivity contribution in [3.63, 3.8) is 0 Å². The molecule has 0 aliphatic carbocycles. The van der Waals surface area contributed by atoms with Crippen molar-refractivity contribution in [3.05, 3.63) is 24.3 Å². The molecule has 0 aromatic heterocycles. The molecule has 1 aromatic rings. The standard InChI is InChI=1S/C15H23NO2S/c1-12(19-3)8-9-16-10-13(11-16)18-15-7-5-4-6-14(15)17-2/h4-7,12-13H,8-11H2,1-3H3/t12-/m0/s1. The zero-order chi connectivity index (χ0) is 13.7. The van der Waals surface area contributed by atoms with E-state index in [9.17, 15) is 0 Å². The van der Waals surface area contributed by atoms with Gasteiger partial charge in [-0.3, -0.25) is 4.90 Å². The van der Waals surface area contributed by atoms with Crippen molar-refractivity contribution in [1.82, 2.24) is 4.90 Å². The minimum absolute atomic E-state index is 0.306. The number of nitrogens with zero attached hydrogens (tertiary/aromatic N) is 1. The van der Waals surface area contributed by atoms with E-state index in [2.05, 4.69) is 18.1 Å². The second-order valence-electron chi connectivity index (χ2n) is 4.99. The minimum atomic E-state index is 0.306. The normalized spacial score (nSPS) is 17.8. The number of para-hydroxylation sites is 2. The largest absolute Gasteiger partial charge is 0.493 e. The molecule has 1 fully saturated rings. The van der Waals surface area contributed by atoms with Gasteiger partial charge in [-0.1, -0.05) is 19.1 Å². The van der Waals surface area contributed by atoms with Crippen molar-refractivity contribution < 1.29 is 9.47 Å². The molecule has 1 aliphatic heterocycles. The second-order valence-corrected chi connectivity index (χ2v) is 6.26. The van der Waals surface area contributed by atoms with Crippen molar-refractivity contribution >= 4 is 11.8 Å². The summed E-state index contributed by atoms with van der Waals surface area (Å²) in [6, 6.07) is 7.85. The van der Waals surface area contributed by atoms with E-state index in [0.29, 0.717) is 6.10 Å². The average molecular weight is 281 g/mol. The van der Waals surface area contributed by atoms with Gasteiger partial charge < -0.3 is 9.47 Å². The molecule has 1 atom stereocenters. The van der Waals surface area contributed by atoms with Crippen LogP contribution in [-0.4, -0.2) is 49.3 Å². The van der Waals surface area contributed by atoms with Gasteiger partial charge in [0.25, 0.3) is 0 Å².